The number of piperidine rings is 1. The average molecular weight is 246 g/mol. The van der Waals surface area contributed by atoms with Gasteiger partial charge in [0.25, 0.3) is 5.91 Å². The van der Waals surface area contributed by atoms with Gasteiger partial charge in [-0.2, -0.15) is 0 Å². The number of carbonyl (C=O) groups is 1. The molecule has 2 aliphatic rings. The number of para-hydroxylation sites is 2. The smallest absolute Gasteiger partial charge is 0.265 e. The number of ether oxygens (including phenoxy) is 1. The maximum Gasteiger partial charge on any atom is 0.265 e. The summed E-state index contributed by atoms with van der Waals surface area (Å²) in [5.74, 6) is 1.31. The van der Waals surface area contributed by atoms with E-state index in [-0.39, 0.29) is 12.0 Å². The van der Waals surface area contributed by atoms with E-state index < -0.39 is 0 Å². The predicted molar refractivity (Wildman–Crippen MR) is 69.7 cm³/mol. The lowest BCUT2D eigenvalue weighted by atomic mass is 9.93. The topological polar surface area (TPSA) is 50.4 Å². The molecule has 0 saturated carbocycles. The molecule has 18 heavy (non-hydrogen) atoms. The van der Waals surface area contributed by atoms with Crippen LogP contribution in [0.3, 0.4) is 0 Å². The van der Waals surface area contributed by atoms with Crippen LogP contribution in [0.5, 0.6) is 5.75 Å². The van der Waals surface area contributed by atoms with Crippen LogP contribution in [-0.4, -0.2) is 25.1 Å². The van der Waals surface area contributed by atoms with Crippen molar-refractivity contribution in [2.24, 2.45) is 5.92 Å². The molecule has 0 radical (unpaired) electrons. The van der Waals surface area contributed by atoms with Crippen molar-refractivity contribution in [3.8, 4) is 5.75 Å². The van der Waals surface area contributed by atoms with Crippen LogP contribution in [0.4, 0.5) is 5.69 Å². The van der Waals surface area contributed by atoms with Crippen LogP contribution < -0.4 is 15.4 Å². The second kappa shape index (κ2) is 4.98. The highest BCUT2D eigenvalue weighted by Crippen LogP contribution is 2.31. The highest BCUT2D eigenvalue weighted by atomic mass is 16.5. The van der Waals surface area contributed by atoms with Crippen molar-refractivity contribution in [2.45, 2.75) is 25.4 Å². The summed E-state index contributed by atoms with van der Waals surface area (Å²) in [6.45, 7) is 2.09. The first kappa shape index (κ1) is 11.5. The molecular weight excluding hydrogens is 228 g/mol. The number of anilines is 1. The summed E-state index contributed by atoms with van der Waals surface area (Å²) < 4.78 is 5.81. The van der Waals surface area contributed by atoms with Crippen molar-refractivity contribution in [3.63, 3.8) is 0 Å². The van der Waals surface area contributed by atoms with Crippen molar-refractivity contribution in [1.29, 1.82) is 0 Å². The molecule has 0 aliphatic carbocycles. The molecule has 0 aromatic heterocycles. The van der Waals surface area contributed by atoms with Crippen LogP contribution in [0.15, 0.2) is 24.3 Å². The zero-order valence-electron chi connectivity index (χ0n) is 10.3. The first-order valence-corrected chi connectivity index (χ1v) is 6.60. The van der Waals surface area contributed by atoms with E-state index in [2.05, 4.69) is 10.6 Å². The van der Waals surface area contributed by atoms with Gasteiger partial charge in [0, 0.05) is 0 Å². The van der Waals surface area contributed by atoms with Crippen molar-refractivity contribution >= 4 is 11.6 Å². The summed E-state index contributed by atoms with van der Waals surface area (Å²) in [5.41, 5.74) is 0.778. The van der Waals surface area contributed by atoms with Gasteiger partial charge in [0.1, 0.15) is 5.75 Å². The molecule has 2 unspecified atom stereocenters. The number of hydrogen-bond acceptors (Lipinski definition) is 3. The maximum absolute atomic E-state index is 12.0. The molecular formula is C14H18N2O2. The van der Waals surface area contributed by atoms with Gasteiger partial charge in [-0.3, -0.25) is 4.79 Å². The van der Waals surface area contributed by atoms with Crippen LogP contribution in [0, 0.1) is 5.92 Å². The van der Waals surface area contributed by atoms with Crippen LogP contribution in [0.1, 0.15) is 19.3 Å². The van der Waals surface area contributed by atoms with Crippen molar-refractivity contribution < 1.29 is 9.53 Å². The molecule has 0 spiro atoms. The summed E-state index contributed by atoms with van der Waals surface area (Å²) in [4.78, 5) is 12.0. The van der Waals surface area contributed by atoms with E-state index in [1.54, 1.807) is 0 Å². The lowest BCUT2D eigenvalue weighted by Crippen LogP contribution is -2.41. The number of rotatable bonds is 2. The SMILES string of the molecule is O=C1Nc2ccccc2OC1CC1CCCNC1. The number of amides is 1. The molecule has 1 saturated heterocycles. The minimum atomic E-state index is -0.343. The molecule has 2 atom stereocenters. The number of hydrogen-bond donors (Lipinski definition) is 2. The summed E-state index contributed by atoms with van der Waals surface area (Å²) in [6.07, 6.45) is 2.83. The minimum absolute atomic E-state index is 0.0146. The highest BCUT2D eigenvalue weighted by Gasteiger charge is 2.30. The molecule has 2 heterocycles. The summed E-state index contributed by atoms with van der Waals surface area (Å²) >= 11 is 0. The number of nitrogens with one attached hydrogen (secondary N) is 2. The fourth-order valence-corrected chi connectivity index (χ4v) is 2.68. The van der Waals surface area contributed by atoms with Gasteiger partial charge in [-0.15, -0.1) is 0 Å². The van der Waals surface area contributed by atoms with E-state index in [1.165, 1.54) is 12.8 Å². The van der Waals surface area contributed by atoms with Gasteiger partial charge >= 0.3 is 0 Å². The van der Waals surface area contributed by atoms with Gasteiger partial charge in [-0.1, -0.05) is 12.1 Å². The molecule has 96 valence electrons. The Bertz CT molecular complexity index is 441. The molecule has 3 rings (SSSR count). The summed E-state index contributed by atoms with van der Waals surface area (Å²) in [6, 6.07) is 7.59. The van der Waals surface area contributed by atoms with Crippen LogP contribution in [-0.2, 0) is 4.79 Å². The molecule has 1 fully saturated rings. The van der Waals surface area contributed by atoms with Crippen molar-refractivity contribution in [3.05, 3.63) is 24.3 Å². The fraction of sp³-hybridized carbons (Fsp3) is 0.500. The van der Waals surface area contributed by atoms with Crippen molar-refractivity contribution in [1.82, 2.24) is 5.32 Å². The Morgan fingerprint density at radius 2 is 2.22 bits per heavy atom. The van der Waals surface area contributed by atoms with Gasteiger partial charge in [-0.25, -0.2) is 0 Å². The zero-order chi connectivity index (χ0) is 12.4. The normalized spacial score (nSPS) is 27.0. The highest BCUT2D eigenvalue weighted by molar-refractivity contribution is 5.97. The average Bonchev–Trinajstić information content (AvgIpc) is 2.41. The van der Waals surface area contributed by atoms with E-state index in [4.69, 9.17) is 4.74 Å². The number of fused-ring (bicyclic) bond motifs is 1. The Labute approximate surface area is 107 Å². The van der Waals surface area contributed by atoms with E-state index in [0.29, 0.717) is 5.92 Å². The molecule has 1 aromatic rings. The molecule has 0 bridgehead atoms. The molecule has 4 heteroatoms. The molecule has 2 aliphatic heterocycles. The van der Waals surface area contributed by atoms with Gasteiger partial charge in [-0.05, 0) is 50.4 Å². The van der Waals surface area contributed by atoms with E-state index in [0.717, 1.165) is 30.9 Å². The van der Waals surface area contributed by atoms with E-state index in [1.807, 2.05) is 24.3 Å². The standard InChI is InChI=1S/C14H18N2O2/c17-14-13(8-10-4-3-7-15-9-10)18-12-6-2-1-5-11(12)16-14/h1-2,5-6,10,13,15H,3-4,7-9H2,(H,16,17). The number of carbonyl (C=O) groups excluding carboxylic acids is 1. The Morgan fingerprint density at radius 1 is 1.33 bits per heavy atom. The third-order valence-electron chi connectivity index (χ3n) is 3.65. The second-order valence-corrected chi connectivity index (χ2v) is 5.04. The van der Waals surface area contributed by atoms with Crippen LogP contribution in [0.25, 0.3) is 0 Å². The lowest BCUT2D eigenvalue weighted by Gasteiger charge is -2.30. The quantitative estimate of drug-likeness (QED) is 0.836. The minimum Gasteiger partial charge on any atom is -0.478 e. The fourth-order valence-electron chi connectivity index (χ4n) is 2.68. The second-order valence-electron chi connectivity index (χ2n) is 5.04. The lowest BCUT2D eigenvalue weighted by molar-refractivity contribution is -0.124. The van der Waals surface area contributed by atoms with Gasteiger partial charge in [0.2, 0.25) is 0 Å². The first-order chi connectivity index (χ1) is 8.83. The molecule has 4 nitrogen and oxygen atoms in total. The Kier molecular flexibility index (Phi) is 3.19. The van der Waals surface area contributed by atoms with E-state index >= 15 is 0 Å². The van der Waals surface area contributed by atoms with E-state index in [9.17, 15) is 4.79 Å². The van der Waals surface area contributed by atoms with Crippen molar-refractivity contribution in [2.75, 3.05) is 18.4 Å². The molecule has 1 aromatic carbocycles. The monoisotopic (exact) mass is 246 g/mol. The molecule has 2 N–H and O–H groups in total. The first-order valence-electron chi connectivity index (χ1n) is 6.60. The van der Waals surface area contributed by atoms with Gasteiger partial charge < -0.3 is 15.4 Å². The molecule has 1 amide bonds. The number of benzene rings is 1. The Hall–Kier alpha value is -1.55. The third-order valence-corrected chi connectivity index (χ3v) is 3.65. The Morgan fingerprint density at radius 3 is 3.06 bits per heavy atom. The Balaban J connectivity index is 1.68. The zero-order valence-corrected chi connectivity index (χ0v) is 10.3. The van der Waals surface area contributed by atoms with Gasteiger partial charge in [0.05, 0.1) is 5.69 Å². The largest absolute Gasteiger partial charge is 0.478 e. The summed E-state index contributed by atoms with van der Waals surface area (Å²) in [5, 5.41) is 6.29. The third kappa shape index (κ3) is 2.34. The van der Waals surface area contributed by atoms with Gasteiger partial charge in [0.15, 0.2) is 6.10 Å². The van der Waals surface area contributed by atoms with Crippen LogP contribution >= 0.6 is 0 Å². The van der Waals surface area contributed by atoms with Crippen LogP contribution in [0.2, 0.25) is 0 Å². The predicted octanol–water partition coefficient (Wildman–Crippen LogP) is 1.78. The summed E-state index contributed by atoms with van der Waals surface area (Å²) in [7, 11) is 0. The maximum atomic E-state index is 12.0.